The van der Waals surface area contributed by atoms with Gasteiger partial charge in [0.15, 0.2) is 0 Å². The SMILES string of the molecule is C=C1C(=O)ON=C1c1ccccc1. The molecule has 13 heavy (non-hydrogen) atoms. The van der Waals surface area contributed by atoms with Gasteiger partial charge in [-0.2, -0.15) is 0 Å². The van der Waals surface area contributed by atoms with Crippen molar-refractivity contribution in [2.45, 2.75) is 0 Å². The molecule has 64 valence electrons. The molecular formula is C10H7NO2. The van der Waals surface area contributed by atoms with Crippen molar-refractivity contribution in [3.8, 4) is 0 Å². The fourth-order valence-corrected chi connectivity index (χ4v) is 1.12. The maximum Gasteiger partial charge on any atom is 0.367 e. The van der Waals surface area contributed by atoms with Gasteiger partial charge in [0, 0.05) is 5.56 Å². The molecule has 1 aliphatic rings. The zero-order valence-electron chi connectivity index (χ0n) is 6.86. The lowest BCUT2D eigenvalue weighted by atomic mass is 10.1. The smallest absolute Gasteiger partial charge is 0.312 e. The van der Waals surface area contributed by atoms with E-state index >= 15 is 0 Å². The molecular weight excluding hydrogens is 166 g/mol. The summed E-state index contributed by atoms with van der Waals surface area (Å²) >= 11 is 0. The summed E-state index contributed by atoms with van der Waals surface area (Å²) in [6, 6.07) is 9.34. The van der Waals surface area contributed by atoms with Gasteiger partial charge >= 0.3 is 5.97 Å². The molecule has 3 nitrogen and oxygen atoms in total. The summed E-state index contributed by atoms with van der Waals surface area (Å²) in [7, 11) is 0. The van der Waals surface area contributed by atoms with Crippen LogP contribution in [0.2, 0.25) is 0 Å². The van der Waals surface area contributed by atoms with Gasteiger partial charge in [0.05, 0.1) is 5.57 Å². The number of nitrogens with zero attached hydrogens (tertiary/aromatic N) is 1. The largest absolute Gasteiger partial charge is 0.367 e. The topological polar surface area (TPSA) is 38.7 Å². The Morgan fingerprint density at radius 2 is 1.92 bits per heavy atom. The molecule has 0 saturated heterocycles. The second-order valence-corrected chi connectivity index (χ2v) is 2.66. The summed E-state index contributed by atoms with van der Waals surface area (Å²) in [5, 5.41) is 3.64. The number of benzene rings is 1. The Labute approximate surface area is 75.3 Å². The average Bonchev–Trinajstić information content (AvgIpc) is 2.49. The number of oxime groups is 1. The summed E-state index contributed by atoms with van der Waals surface area (Å²) in [4.78, 5) is 15.4. The minimum atomic E-state index is -0.473. The van der Waals surface area contributed by atoms with Crippen LogP contribution in [-0.2, 0) is 9.63 Å². The van der Waals surface area contributed by atoms with E-state index < -0.39 is 5.97 Å². The van der Waals surface area contributed by atoms with Crippen molar-refractivity contribution in [1.82, 2.24) is 0 Å². The van der Waals surface area contributed by atoms with E-state index in [0.717, 1.165) is 5.56 Å². The monoisotopic (exact) mass is 173 g/mol. The van der Waals surface area contributed by atoms with Crippen LogP contribution in [-0.4, -0.2) is 11.7 Å². The lowest BCUT2D eigenvalue weighted by Gasteiger charge is -1.95. The molecule has 1 aliphatic heterocycles. The van der Waals surface area contributed by atoms with Crippen molar-refractivity contribution in [3.05, 3.63) is 48.0 Å². The molecule has 0 N–H and O–H groups in total. The zero-order chi connectivity index (χ0) is 9.26. The van der Waals surface area contributed by atoms with Crippen molar-refractivity contribution in [3.63, 3.8) is 0 Å². The van der Waals surface area contributed by atoms with Crippen LogP contribution in [0.5, 0.6) is 0 Å². The van der Waals surface area contributed by atoms with Crippen molar-refractivity contribution in [2.24, 2.45) is 5.16 Å². The van der Waals surface area contributed by atoms with Crippen LogP contribution in [0.3, 0.4) is 0 Å². The van der Waals surface area contributed by atoms with Gasteiger partial charge in [0.25, 0.3) is 0 Å². The van der Waals surface area contributed by atoms with Crippen molar-refractivity contribution >= 4 is 11.7 Å². The van der Waals surface area contributed by atoms with Crippen LogP contribution < -0.4 is 0 Å². The number of rotatable bonds is 1. The molecule has 0 bridgehead atoms. The molecule has 0 unspecified atom stereocenters. The minimum absolute atomic E-state index is 0.311. The number of hydrogen-bond acceptors (Lipinski definition) is 3. The lowest BCUT2D eigenvalue weighted by Crippen LogP contribution is -2.04. The maximum atomic E-state index is 10.9. The Bertz CT molecular complexity index is 393. The second kappa shape index (κ2) is 2.86. The first kappa shape index (κ1) is 7.73. The van der Waals surface area contributed by atoms with E-state index in [0.29, 0.717) is 11.3 Å². The molecule has 1 aromatic carbocycles. The molecule has 1 heterocycles. The third-order valence-electron chi connectivity index (χ3n) is 1.80. The average molecular weight is 173 g/mol. The number of carbonyl (C=O) groups excluding carboxylic acids is 1. The number of carbonyl (C=O) groups is 1. The fourth-order valence-electron chi connectivity index (χ4n) is 1.12. The van der Waals surface area contributed by atoms with Crippen LogP contribution in [0.15, 0.2) is 47.6 Å². The highest BCUT2D eigenvalue weighted by molar-refractivity contribution is 6.28. The van der Waals surface area contributed by atoms with Crippen LogP contribution in [0, 0.1) is 0 Å². The van der Waals surface area contributed by atoms with E-state index in [1.807, 2.05) is 30.3 Å². The van der Waals surface area contributed by atoms with Gasteiger partial charge in [-0.1, -0.05) is 42.1 Å². The van der Waals surface area contributed by atoms with Crippen LogP contribution in [0.1, 0.15) is 5.56 Å². The van der Waals surface area contributed by atoms with E-state index in [2.05, 4.69) is 16.6 Å². The van der Waals surface area contributed by atoms with Crippen LogP contribution in [0.25, 0.3) is 0 Å². The first-order chi connectivity index (χ1) is 6.29. The quantitative estimate of drug-likeness (QED) is 0.477. The van der Waals surface area contributed by atoms with E-state index in [4.69, 9.17) is 0 Å². The van der Waals surface area contributed by atoms with Crippen molar-refractivity contribution in [2.75, 3.05) is 0 Å². The molecule has 1 aromatic rings. The second-order valence-electron chi connectivity index (χ2n) is 2.66. The van der Waals surface area contributed by atoms with E-state index in [9.17, 15) is 4.79 Å². The van der Waals surface area contributed by atoms with Gasteiger partial charge in [0.2, 0.25) is 0 Å². The van der Waals surface area contributed by atoms with Gasteiger partial charge in [0.1, 0.15) is 5.71 Å². The van der Waals surface area contributed by atoms with Crippen molar-refractivity contribution in [1.29, 1.82) is 0 Å². The summed E-state index contributed by atoms with van der Waals surface area (Å²) in [6.07, 6.45) is 0. The van der Waals surface area contributed by atoms with Crippen LogP contribution >= 0.6 is 0 Å². The van der Waals surface area contributed by atoms with Crippen LogP contribution in [0.4, 0.5) is 0 Å². The van der Waals surface area contributed by atoms with Crippen molar-refractivity contribution < 1.29 is 9.63 Å². The zero-order valence-corrected chi connectivity index (χ0v) is 6.86. The predicted molar refractivity (Wildman–Crippen MR) is 48.2 cm³/mol. The number of hydrogen-bond donors (Lipinski definition) is 0. The molecule has 0 aliphatic carbocycles. The summed E-state index contributed by atoms with van der Waals surface area (Å²) in [5.41, 5.74) is 1.68. The molecule has 0 fully saturated rings. The Kier molecular flexibility index (Phi) is 1.70. The normalized spacial score (nSPS) is 15.5. The predicted octanol–water partition coefficient (Wildman–Crippen LogP) is 1.50. The molecule has 0 spiro atoms. The first-order valence-corrected chi connectivity index (χ1v) is 3.83. The highest BCUT2D eigenvalue weighted by atomic mass is 16.7. The van der Waals surface area contributed by atoms with E-state index in [-0.39, 0.29) is 0 Å². The lowest BCUT2D eigenvalue weighted by molar-refractivity contribution is -0.136. The molecule has 3 heteroatoms. The Morgan fingerprint density at radius 1 is 1.23 bits per heavy atom. The molecule has 0 aromatic heterocycles. The fraction of sp³-hybridized carbons (Fsp3) is 0. The summed E-state index contributed by atoms with van der Waals surface area (Å²) < 4.78 is 0. The Balaban J connectivity index is 2.39. The molecule has 2 rings (SSSR count). The van der Waals surface area contributed by atoms with Gasteiger partial charge < -0.3 is 4.84 Å². The van der Waals surface area contributed by atoms with E-state index in [1.165, 1.54) is 0 Å². The molecule has 0 saturated carbocycles. The van der Waals surface area contributed by atoms with Gasteiger partial charge in [-0.15, -0.1) is 0 Å². The highest BCUT2D eigenvalue weighted by Gasteiger charge is 2.23. The van der Waals surface area contributed by atoms with Gasteiger partial charge in [-0.3, -0.25) is 0 Å². The third-order valence-corrected chi connectivity index (χ3v) is 1.80. The molecule has 0 atom stereocenters. The van der Waals surface area contributed by atoms with E-state index in [1.54, 1.807) is 0 Å². The molecule has 0 amide bonds. The third kappa shape index (κ3) is 1.24. The standard InChI is InChI=1S/C10H7NO2/c1-7-9(11-13-10(7)12)8-5-3-2-4-6-8/h2-6H,1H2. The van der Waals surface area contributed by atoms with Gasteiger partial charge in [-0.25, -0.2) is 4.79 Å². The first-order valence-electron chi connectivity index (χ1n) is 3.83. The molecule has 0 radical (unpaired) electrons. The maximum absolute atomic E-state index is 10.9. The Hall–Kier alpha value is -1.90. The highest BCUT2D eigenvalue weighted by Crippen LogP contribution is 2.15. The minimum Gasteiger partial charge on any atom is -0.312 e. The summed E-state index contributed by atoms with van der Waals surface area (Å²) in [6.45, 7) is 3.59. The summed E-state index contributed by atoms with van der Waals surface area (Å²) in [5.74, 6) is -0.473. The van der Waals surface area contributed by atoms with Gasteiger partial charge in [-0.05, 0) is 0 Å². The Morgan fingerprint density at radius 3 is 2.46 bits per heavy atom.